The Labute approximate surface area is 288 Å². The van der Waals surface area contributed by atoms with Crippen molar-refractivity contribution in [1.29, 1.82) is 5.26 Å². The van der Waals surface area contributed by atoms with Gasteiger partial charge in [0.1, 0.15) is 23.2 Å². The van der Waals surface area contributed by atoms with Crippen LogP contribution in [0.5, 0.6) is 5.75 Å². The minimum atomic E-state index is -1.06. The average Bonchev–Trinajstić information content (AvgIpc) is 3.42. The van der Waals surface area contributed by atoms with Gasteiger partial charge in [0.15, 0.2) is 5.82 Å². The normalized spacial score (nSPS) is 21.5. The number of methoxy groups -OCH3 is 1. The van der Waals surface area contributed by atoms with Crippen molar-refractivity contribution in [3.63, 3.8) is 0 Å². The van der Waals surface area contributed by atoms with Crippen molar-refractivity contribution in [2.45, 2.75) is 50.9 Å². The molecule has 5 heterocycles. The van der Waals surface area contributed by atoms with E-state index < -0.39 is 6.09 Å². The Kier molecular flexibility index (Phi) is 7.15. The number of rotatable bonds is 9. The number of carbonyl (C=O) groups is 2. The van der Waals surface area contributed by atoms with Crippen LogP contribution >= 0.6 is 0 Å². The number of nitrogens with zero attached hydrogens (tertiary/aromatic N) is 8. The molecule has 3 atom stereocenters. The van der Waals surface area contributed by atoms with E-state index in [1.165, 1.54) is 18.4 Å². The molecule has 2 saturated carbocycles. The molecule has 0 unspecified atom stereocenters. The van der Waals surface area contributed by atoms with Crippen molar-refractivity contribution in [1.82, 2.24) is 34.3 Å². The summed E-state index contributed by atoms with van der Waals surface area (Å²) >= 11 is 0. The predicted octanol–water partition coefficient (Wildman–Crippen LogP) is 4.75. The van der Waals surface area contributed by atoms with E-state index in [-0.39, 0.29) is 35.7 Å². The van der Waals surface area contributed by atoms with Crippen LogP contribution in [0.3, 0.4) is 0 Å². The molecule has 0 radical (unpaired) electrons. The summed E-state index contributed by atoms with van der Waals surface area (Å²) < 4.78 is 10.7. The Morgan fingerprint density at radius 3 is 2.60 bits per heavy atom. The number of nitriles is 1. The smallest absolute Gasteiger partial charge is 0.404 e. The molecule has 2 aromatic carbocycles. The summed E-state index contributed by atoms with van der Waals surface area (Å²) in [5.41, 5.74) is 4.22. The first-order chi connectivity index (χ1) is 24.4. The first-order valence-corrected chi connectivity index (χ1v) is 17.3. The van der Waals surface area contributed by atoms with Crippen molar-refractivity contribution in [3.8, 4) is 23.3 Å². The van der Waals surface area contributed by atoms with Gasteiger partial charge in [-0.2, -0.15) is 5.26 Å². The van der Waals surface area contributed by atoms with E-state index in [0.29, 0.717) is 35.8 Å². The molecular formula is C37H37N9O4. The SMILES string of the molecule is COc1cc(C(=O)N2C[C@H]3CC[C@@H]2[C@@H]3NC(=O)O)cc2nc(-c3cc4ccccc4n3CC3CC3)n(CC3CN(c4ccnc(C#N)n4)C3)c12. The zero-order valence-corrected chi connectivity index (χ0v) is 27.7. The zero-order valence-electron chi connectivity index (χ0n) is 27.7. The largest absolute Gasteiger partial charge is 0.494 e. The van der Waals surface area contributed by atoms with Gasteiger partial charge in [0.05, 0.1) is 30.4 Å². The van der Waals surface area contributed by atoms with Crippen molar-refractivity contribution in [2.75, 3.05) is 31.6 Å². The second-order valence-electron chi connectivity index (χ2n) is 14.2. The first-order valence-electron chi connectivity index (χ1n) is 17.3. The van der Waals surface area contributed by atoms with Crippen LogP contribution in [-0.2, 0) is 13.1 Å². The van der Waals surface area contributed by atoms with E-state index in [1.807, 2.05) is 29.2 Å². The highest BCUT2D eigenvalue weighted by Crippen LogP contribution is 2.42. The zero-order chi connectivity index (χ0) is 34.1. The van der Waals surface area contributed by atoms with Crippen molar-refractivity contribution in [2.24, 2.45) is 17.8 Å². The fourth-order valence-corrected chi connectivity index (χ4v) is 8.50. The molecule has 9 rings (SSSR count). The Morgan fingerprint density at radius 1 is 1.00 bits per heavy atom. The van der Waals surface area contributed by atoms with E-state index in [4.69, 9.17) is 9.72 Å². The number of benzene rings is 2. The Balaban J connectivity index is 1.12. The minimum absolute atomic E-state index is 0.112. The minimum Gasteiger partial charge on any atom is -0.494 e. The molecule has 2 N–H and O–H groups in total. The van der Waals surface area contributed by atoms with Crippen LogP contribution in [0.2, 0.25) is 0 Å². The van der Waals surface area contributed by atoms with Crippen LogP contribution in [0.4, 0.5) is 10.6 Å². The van der Waals surface area contributed by atoms with Crippen LogP contribution in [-0.4, -0.2) is 84.9 Å². The van der Waals surface area contributed by atoms with E-state index in [0.717, 1.165) is 60.7 Å². The Hall–Kier alpha value is -5.64. The fourth-order valence-electron chi connectivity index (χ4n) is 8.50. The number of carbonyl (C=O) groups excluding carboxylic acids is 1. The number of ether oxygens (including phenoxy) is 1. The van der Waals surface area contributed by atoms with Crippen LogP contribution in [0.25, 0.3) is 33.5 Å². The number of amides is 2. The summed E-state index contributed by atoms with van der Waals surface area (Å²) in [6, 6.07) is 17.8. The van der Waals surface area contributed by atoms with Gasteiger partial charge in [0.2, 0.25) is 5.82 Å². The highest BCUT2D eigenvalue weighted by atomic mass is 16.5. The highest BCUT2D eigenvalue weighted by Gasteiger charge is 2.49. The van der Waals surface area contributed by atoms with Crippen LogP contribution in [0.15, 0.2) is 54.7 Å². The molecule has 13 heteroatoms. The van der Waals surface area contributed by atoms with Crippen LogP contribution in [0.1, 0.15) is 41.9 Å². The van der Waals surface area contributed by atoms with Gasteiger partial charge in [-0.05, 0) is 67.9 Å². The number of carboxylic acid groups (broad SMARTS) is 1. The van der Waals surface area contributed by atoms with E-state index >= 15 is 0 Å². The number of likely N-dealkylation sites (tertiary alicyclic amines) is 1. The lowest BCUT2D eigenvalue weighted by atomic mass is 9.99. The third-order valence-corrected chi connectivity index (χ3v) is 11.1. The van der Waals surface area contributed by atoms with Gasteiger partial charge in [-0.3, -0.25) is 4.79 Å². The van der Waals surface area contributed by atoms with Crippen LogP contribution in [0, 0.1) is 29.1 Å². The van der Waals surface area contributed by atoms with Crippen molar-refractivity contribution >= 4 is 39.8 Å². The maximum atomic E-state index is 14.1. The fraction of sp³-hybridized carbons (Fsp3) is 0.405. The molecule has 2 aliphatic carbocycles. The van der Waals surface area contributed by atoms with E-state index in [2.05, 4.69) is 59.7 Å². The topological polar surface area (TPSA) is 154 Å². The Morgan fingerprint density at radius 2 is 1.82 bits per heavy atom. The molecule has 5 aromatic rings. The predicted molar refractivity (Wildman–Crippen MR) is 185 cm³/mol. The number of aromatic nitrogens is 5. The molecule has 0 spiro atoms. The molecule has 2 saturated heterocycles. The average molecular weight is 672 g/mol. The lowest BCUT2D eigenvalue weighted by molar-refractivity contribution is 0.0697. The quantitative estimate of drug-likeness (QED) is 0.226. The summed E-state index contributed by atoms with van der Waals surface area (Å²) in [4.78, 5) is 43.3. The standard InChI is InChI=1S/C37H37N9O4/c1-50-30-14-25(36(47)45-20-24-8-9-28(45)33(24)42-37(48)49)12-26-34(30)46(19-22-16-43(17-22)32-10-11-39-31(15-38)41-32)35(40-26)29-13-23-4-2-3-5-27(23)44(29)18-21-6-7-21/h2-5,10-14,21-22,24,28,33,42H,6-9,16-20H2,1H3,(H,48,49)/t24-,28-,33-/m1/s1. The number of fused-ring (bicyclic) bond motifs is 4. The molecule has 4 aliphatic rings. The van der Waals surface area contributed by atoms with Gasteiger partial charge in [-0.15, -0.1) is 0 Å². The molecule has 2 bridgehead atoms. The molecule has 50 heavy (non-hydrogen) atoms. The summed E-state index contributed by atoms with van der Waals surface area (Å²) in [5.74, 6) is 3.20. The molecule has 2 amide bonds. The first kappa shape index (κ1) is 30.4. The second-order valence-corrected chi connectivity index (χ2v) is 14.2. The molecular weight excluding hydrogens is 634 g/mol. The van der Waals surface area contributed by atoms with Crippen molar-refractivity contribution < 1.29 is 19.4 Å². The highest BCUT2D eigenvalue weighted by molar-refractivity contribution is 6.00. The summed E-state index contributed by atoms with van der Waals surface area (Å²) in [5, 5.41) is 22.5. The second kappa shape index (κ2) is 11.8. The maximum absolute atomic E-state index is 14.1. The van der Waals surface area contributed by atoms with Crippen LogP contribution < -0.4 is 15.0 Å². The lowest BCUT2D eigenvalue weighted by Gasteiger charge is -2.40. The molecule has 2 aliphatic heterocycles. The number of piperidine rings is 1. The monoisotopic (exact) mass is 671 g/mol. The number of para-hydroxylation sites is 1. The van der Waals surface area contributed by atoms with Gasteiger partial charge in [-0.25, -0.2) is 19.7 Å². The number of anilines is 1. The van der Waals surface area contributed by atoms with Gasteiger partial charge in [0, 0.05) is 61.3 Å². The molecule has 3 aromatic heterocycles. The summed E-state index contributed by atoms with van der Waals surface area (Å²) in [6.07, 6.45) is 4.68. The number of hydrogen-bond acceptors (Lipinski definition) is 8. The molecule has 13 nitrogen and oxygen atoms in total. The lowest BCUT2D eigenvalue weighted by Crippen LogP contribution is -2.49. The third kappa shape index (κ3) is 5.09. The van der Waals surface area contributed by atoms with Crippen molar-refractivity contribution in [3.05, 3.63) is 66.1 Å². The van der Waals surface area contributed by atoms with Gasteiger partial charge >= 0.3 is 6.09 Å². The molecule has 4 fully saturated rings. The third-order valence-electron chi connectivity index (χ3n) is 11.1. The van der Waals surface area contributed by atoms with Gasteiger partial charge < -0.3 is 34.1 Å². The van der Waals surface area contributed by atoms with Gasteiger partial charge in [0.25, 0.3) is 5.91 Å². The summed E-state index contributed by atoms with van der Waals surface area (Å²) in [6.45, 7) is 3.63. The number of hydrogen-bond donors (Lipinski definition) is 2. The van der Waals surface area contributed by atoms with E-state index in [9.17, 15) is 20.0 Å². The number of imidazole rings is 1. The Bertz CT molecular complexity index is 2210. The van der Waals surface area contributed by atoms with Gasteiger partial charge in [-0.1, -0.05) is 18.2 Å². The molecule has 254 valence electrons. The van der Waals surface area contributed by atoms with E-state index in [1.54, 1.807) is 13.3 Å². The number of nitrogens with one attached hydrogen (secondary N) is 1. The maximum Gasteiger partial charge on any atom is 0.404 e. The summed E-state index contributed by atoms with van der Waals surface area (Å²) in [7, 11) is 1.63.